The van der Waals surface area contributed by atoms with Crippen LogP contribution in [0.4, 0.5) is 5.69 Å². The van der Waals surface area contributed by atoms with Crippen molar-refractivity contribution in [1.82, 2.24) is 18.8 Å². The predicted octanol–water partition coefficient (Wildman–Crippen LogP) is 3.56. The molecule has 0 unspecified atom stereocenters. The Morgan fingerprint density at radius 2 is 1.60 bits per heavy atom. The van der Waals surface area contributed by atoms with Crippen molar-refractivity contribution in [2.24, 2.45) is 5.92 Å². The molecule has 2 N–H and O–H groups in total. The van der Waals surface area contributed by atoms with Crippen molar-refractivity contribution < 1.29 is 32.2 Å². The quantitative estimate of drug-likeness (QED) is 0.357. The van der Waals surface area contributed by atoms with E-state index in [0.717, 1.165) is 24.0 Å². The summed E-state index contributed by atoms with van der Waals surface area (Å²) in [6.45, 7) is 7.73. The van der Waals surface area contributed by atoms with E-state index in [2.05, 4.69) is 10.6 Å². The first-order valence-corrected chi connectivity index (χ1v) is 18.9. The largest absolute Gasteiger partial charge is 0.493 e. The van der Waals surface area contributed by atoms with Crippen molar-refractivity contribution in [2.45, 2.75) is 71.4 Å². The highest BCUT2D eigenvalue weighted by molar-refractivity contribution is 7.86. The normalized spacial score (nSPS) is 19.6. The van der Waals surface area contributed by atoms with E-state index in [-0.39, 0.29) is 41.9 Å². The maximum Gasteiger partial charge on any atom is 0.282 e. The van der Waals surface area contributed by atoms with Gasteiger partial charge in [-0.15, -0.1) is 0 Å². The van der Waals surface area contributed by atoms with Gasteiger partial charge < -0.3 is 29.7 Å². The van der Waals surface area contributed by atoms with Gasteiger partial charge in [-0.1, -0.05) is 26.3 Å². The number of methoxy groups -OCH3 is 3. The molecular weight excluding hydrogens is 662 g/mol. The molecule has 2 amide bonds. The highest BCUT2D eigenvalue weighted by Crippen LogP contribution is 2.50. The molecule has 50 heavy (non-hydrogen) atoms. The SMILES string of the molecule is CC[C@H](C)[C@@H](Nc1ccc2c(cc1=O)[C@H](NC(C)=O)CCc1cc(OC)c(OC)c(OC)c1-2)C(=O)N1CCCN(S(=O)(=O)N2CCCC2)CC1. The molecule has 2 fully saturated rings. The number of nitrogens with zero attached hydrogens (tertiary/aromatic N) is 3. The number of hydrogen-bond donors (Lipinski definition) is 2. The third-order valence-corrected chi connectivity index (χ3v) is 12.2. The van der Waals surface area contributed by atoms with E-state index in [9.17, 15) is 22.8 Å². The van der Waals surface area contributed by atoms with Crippen LogP contribution in [0.15, 0.2) is 29.1 Å². The zero-order valence-electron chi connectivity index (χ0n) is 30.0. The zero-order valence-corrected chi connectivity index (χ0v) is 30.9. The summed E-state index contributed by atoms with van der Waals surface area (Å²) in [5.74, 6) is 0.841. The van der Waals surface area contributed by atoms with Crippen LogP contribution >= 0.6 is 0 Å². The molecule has 2 aromatic carbocycles. The smallest absolute Gasteiger partial charge is 0.282 e. The van der Waals surface area contributed by atoms with Gasteiger partial charge in [0.2, 0.25) is 23.0 Å². The average Bonchev–Trinajstić information content (AvgIpc) is 3.41. The lowest BCUT2D eigenvalue weighted by Crippen LogP contribution is -2.48. The molecule has 3 aliphatic rings. The first-order valence-electron chi connectivity index (χ1n) is 17.5. The molecule has 5 rings (SSSR count). The van der Waals surface area contributed by atoms with Crippen LogP contribution in [0.2, 0.25) is 0 Å². The molecule has 274 valence electrons. The van der Waals surface area contributed by atoms with Gasteiger partial charge in [0, 0.05) is 51.8 Å². The molecule has 1 aliphatic carbocycles. The third kappa shape index (κ3) is 7.57. The maximum absolute atomic E-state index is 14.2. The van der Waals surface area contributed by atoms with E-state index in [1.807, 2.05) is 26.0 Å². The fourth-order valence-electron chi connectivity index (χ4n) is 7.30. The van der Waals surface area contributed by atoms with Gasteiger partial charge in [0.25, 0.3) is 10.2 Å². The molecule has 0 radical (unpaired) electrons. The van der Waals surface area contributed by atoms with E-state index in [0.29, 0.717) is 80.2 Å². The second-order valence-corrected chi connectivity index (χ2v) is 15.2. The van der Waals surface area contributed by atoms with Gasteiger partial charge in [-0.05, 0) is 72.9 Å². The second-order valence-electron chi connectivity index (χ2n) is 13.3. The lowest BCUT2D eigenvalue weighted by Gasteiger charge is -2.30. The number of carbonyl (C=O) groups excluding carboxylic acids is 2. The van der Waals surface area contributed by atoms with Gasteiger partial charge in [0.1, 0.15) is 6.04 Å². The number of nitrogens with one attached hydrogen (secondary N) is 2. The lowest BCUT2D eigenvalue weighted by molar-refractivity contribution is -0.133. The molecule has 2 aliphatic heterocycles. The summed E-state index contributed by atoms with van der Waals surface area (Å²) in [5, 5.41) is 6.33. The molecule has 13 nitrogen and oxygen atoms in total. The Balaban J connectivity index is 1.51. The standard InChI is InChI=1S/C36H51N5O8S/c1-7-23(2)33(36(44)39-15-10-18-41(20-19-39)50(45,46)40-16-8-9-17-40)38-29-14-12-26-27(22-30(29)43)28(37-24(3)42)13-11-25-21-31(47-4)34(48-5)35(49-6)32(25)26/h12,14,21-23,28,33H,7-11,13,15-20H2,1-6H3,(H,37,42)(H,38,43)/t23-,28+,33+/m0/s1. The zero-order chi connectivity index (χ0) is 36.2. The molecule has 3 atom stereocenters. The molecule has 0 saturated carbocycles. The fourth-order valence-corrected chi connectivity index (χ4v) is 9.02. The van der Waals surface area contributed by atoms with Gasteiger partial charge in [-0.2, -0.15) is 17.0 Å². The second kappa shape index (κ2) is 16.0. The van der Waals surface area contributed by atoms with Crippen molar-refractivity contribution in [1.29, 1.82) is 0 Å². The molecule has 0 spiro atoms. The Morgan fingerprint density at radius 1 is 0.920 bits per heavy atom. The van der Waals surface area contributed by atoms with E-state index in [1.54, 1.807) is 25.2 Å². The summed E-state index contributed by atoms with van der Waals surface area (Å²) < 4.78 is 46.8. The van der Waals surface area contributed by atoms with Crippen LogP contribution in [0.25, 0.3) is 11.1 Å². The molecule has 0 aromatic heterocycles. The summed E-state index contributed by atoms with van der Waals surface area (Å²) in [4.78, 5) is 42.3. The summed E-state index contributed by atoms with van der Waals surface area (Å²) in [6, 6.07) is 5.76. The Hall–Kier alpha value is -3.88. The van der Waals surface area contributed by atoms with Crippen LogP contribution in [0.1, 0.15) is 70.0 Å². The number of amides is 2. The number of hydrogen-bond acceptors (Lipinski definition) is 9. The van der Waals surface area contributed by atoms with Crippen LogP contribution in [0.5, 0.6) is 17.2 Å². The van der Waals surface area contributed by atoms with E-state index >= 15 is 0 Å². The van der Waals surface area contributed by atoms with E-state index in [4.69, 9.17) is 14.2 Å². The van der Waals surface area contributed by atoms with Crippen molar-refractivity contribution in [3.05, 3.63) is 45.6 Å². The van der Waals surface area contributed by atoms with Gasteiger partial charge in [-0.25, -0.2) is 0 Å². The average molecular weight is 714 g/mol. The molecular formula is C36H51N5O8S. The minimum Gasteiger partial charge on any atom is -0.493 e. The van der Waals surface area contributed by atoms with Gasteiger partial charge in [-0.3, -0.25) is 14.4 Å². The highest BCUT2D eigenvalue weighted by atomic mass is 32.2. The first-order chi connectivity index (χ1) is 23.9. The van der Waals surface area contributed by atoms with E-state index < -0.39 is 22.3 Å². The summed E-state index contributed by atoms with van der Waals surface area (Å²) >= 11 is 0. The van der Waals surface area contributed by atoms with Crippen LogP contribution < -0.4 is 30.3 Å². The molecule has 14 heteroatoms. The van der Waals surface area contributed by atoms with Crippen molar-refractivity contribution >= 4 is 27.7 Å². The van der Waals surface area contributed by atoms with Crippen LogP contribution in [0.3, 0.4) is 0 Å². The summed E-state index contributed by atoms with van der Waals surface area (Å²) in [5.41, 5.74) is 2.88. The molecule has 2 heterocycles. The number of carbonyl (C=O) groups is 2. The molecule has 2 aromatic rings. The van der Waals surface area contributed by atoms with Gasteiger partial charge in [0.05, 0.1) is 33.1 Å². The van der Waals surface area contributed by atoms with Crippen molar-refractivity contribution in [3.63, 3.8) is 0 Å². The van der Waals surface area contributed by atoms with E-state index in [1.165, 1.54) is 28.7 Å². The lowest BCUT2D eigenvalue weighted by atomic mass is 9.95. The fraction of sp³-hybridized carbons (Fsp3) is 0.583. The maximum atomic E-state index is 14.2. The number of rotatable bonds is 11. The van der Waals surface area contributed by atoms with Crippen LogP contribution in [-0.2, 0) is 26.2 Å². The minimum atomic E-state index is -3.57. The van der Waals surface area contributed by atoms with Crippen LogP contribution in [-0.4, -0.2) is 100 Å². The Labute approximate surface area is 295 Å². The van der Waals surface area contributed by atoms with Gasteiger partial charge >= 0.3 is 0 Å². The van der Waals surface area contributed by atoms with Crippen molar-refractivity contribution in [2.75, 3.05) is 65.9 Å². The van der Waals surface area contributed by atoms with Crippen LogP contribution in [0, 0.1) is 5.92 Å². The minimum absolute atomic E-state index is 0.136. The molecule has 0 bridgehead atoms. The molecule has 2 saturated heterocycles. The number of aryl methyl sites for hydroxylation is 1. The third-order valence-electron chi connectivity index (χ3n) is 10.2. The topological polar surface area (TPSA) is 147 Å². The predicted molar refractivity (Wildman–Crippen MR) is 192 cm³/mol. The Morgan fingerprint density at radius 3 is 2.24 bits per heavy atom. The number of anilines is 1. The monoisotopic (exact) mass is 713 g/mol. The Bertz CT molecular complexity index is 1750. The summed E-state index contributed by atoms with van der Waals surface area (Å²) in [7, 11) is 1.07. The van der Waals surface area contributed by atoms with Gasteiger partial charge in [0.15, 0.2) is 11.5 Å². The first kappa shape index (κ1) is 37.4. The van der Waals surface area contributed by atoms with Crippen molar-refractivity contribution in [3.8, 4) is 28.4 Å². The number of fused-ring (bicyclic) bond motifs is 3. The summed E-state index contributed by atoms with van der Waals surface area (Å²) in [6.07, 6.45) is 4.01. The number of ether oxygens (including phenoxy) is 3. The Kier molecular flexibility index (Phi) is 12.0. The highest BCUT2D eigenvalue weighted by Gasteiger charge is 2.36. The number of benzene rings is 1.